The quantitative estimate of drug-likeness (QED) is 0.893. The third kappa shape index (κ3) is 3.88. The highest BCUT2D eigenvalue weighted by molar-refractivity contribution is 9.11. The lowest BCUT2D eigenvalue weighted by Gasteiger charge is -2.04. The molecule has 0 aliphatic heterocycles. The lowest BCUT2D eigenvalue weighted by molar-refractivity contribution is 0.0958. The molecule has 0 heterocycles. The number of hydrogen-bond donors (Lipinski definition) is 1. The van der Waals surface area contributed by atoms with Crippen molar-refractivity contribution in [2.24, 2.45) is 0 Å². The second-order valence-corrected chi connectivity index (χ2v) is 4.37. The van der Waals surface area contributed by atoms with Crippen molar-refractivity contribution in [3.63, 3.8) is 0 Å². The van der Waals surface area contributed by atoms with Gasteiger partial charge in [-0.25, -0.2) is 0 Å². The van der Waals surface area contributed by atoms with Gasteiger partial charge in [0.1, 0.15) is 0 Å². The highest BCUT2D eigenvalue weighted by atomic mass is 79.9. The first kappa shape index (κ1) is 12.0. The molecule has 0 bridgehead atoms. The zero-order valence-electron chi connectivity index (χ0n) is 8.72. The lowest BCUT2D eigenvalue weighted by Crippen LogP contribution is -2.24. The number of rotatable bonds is 4. The molecule has 0 saturated carbocycles. The smallest absolute Gasteiger partial charge is 0.251 e. The van der Waals surface area contributed by atoms with E-state index in [1.54, 1.807) is 0 Å². The molecule has 0 radical (unpaired) electrons. The molecule has 0 aliphatic rings. The van der Waals surface area contributed by atoms with Crippen LogP contribution in [0, 0.1) is 0 Å². The van der Waals surface area contributed by atoms with Crippen molar-refractivity contribution in [2.45, 2.75) is 13.3 Å². The standard InChI is InChI=1S/C12H14BrNO/c1-3-10-4-6-11(7-5-10)12(15)14-8-9(2)13/h4-7H,2-3,8H2,1H3,(H,14,15). The Morgan fingerprint density at radius 1 is 1.40 bits per heavy atom. The summed E-state index contributed by atoms with van der Waals surface area (Å²) in [6, 6.07) is 7.62. The SMILES string of the molecule is C=C(Br)CNC(=O)c1ccc(CC)cc1. The number of benzene rings is 1. The first-order chi connectivity index (χ1) is 7.13. The summed E-state index contributed by atoms with van der Waals surface area (Å²) in [5.74, 6) is -0.0711. The molecule has 2 nitrogen and oxygen atoms in total. The molecule has 1 aromatic rings. The second kappa shape index (κ2) is 5.71. The van der Waals surface area contributed by atoms with E-state index in [0.29, 0.717) is 12.1 Å². The van der Waals surface area contributed by atoms with Crippen LogP contribution in [0.15, 0.2) is 35.3 Å². The summed E-state index contributed by atoms with van der Waals surface area (Å²) in [6.07, 6.45) is 0.986. The number of nitrogens with one attached hydrogen (secondary N) is 1. The summed E-state index contributed by atoms with van der Waals surface area (Å²) in [5, 5.41) is 2.75. The van der Waals surface area contributed by atoms with Crippen LogP contribution in [0.1, 0.15) is 22.8 Å². The first-order valence-corrected chi connectivity index (χ1v) is 5.63. The lowest BCUT2D eigenvalue weighted by atomic mass is 10.1. The van der Waals surface area contributed by atoms with Gasteiger partial charge in [-0.3, -0.25) is 4.79 Å². The molecule has 15 heavy (non-hydrogen) atoms. The molecule has 0 aromatic heterocycles. The van der Waals surface area contributed by atoms with Crippen LogP contribution in [-0.2, 0) is 6.42 Å². The van der Waals surface area contributed by atoms with Crippen molar-refractivity contribution in [3.05, 3.63) is 46.5 Å². The van der Waals surface area contributed by atoms with E-state index in [1.165, 1.54) is 5.56 Å². The van der Waals surface area contributed by atoms with Gasteiger partial charge in [-0.2, -0.15) is 0 Å². The third-order valence-electron chi connectivity index (χ3n) is 2.07. The van der Waals surface area contributed by atoms with Gasteiger partial charge in [-0.15, -0.1) is 0 Å². The van der Waals surface area contributed by atoms with Crippen LogP contribution >= 0.6 is 15.9 Å². The van der Waals surface area contributed by atoms with E-state index in [2.05, 4.69) is 34.7 Å². The van der Waals surface area contributed by atoms with Crippen molar-refractivity contribution in [1.29, 1.82) is 0 Å². The summed E-state index contributed by atoms with van der Waals surface area (Å²) in [5.41, 5.74) is 1.91. The molecular weight excluding hydrogens is 254 g/mol. The van der Waals surface area contributed by atoms with E-state index in [-0.39, 0.29) is 5.91 Å². The molecule has 0 saturated heterocycles. The van der Waals surface area contributed by atoms with Crippen LogP contribution in [0.4, 0.5) is 0 Å². The van der Waals surface area contributed by atoms with Gasteiger partial charge in [-0.05, 0) is 24.1 Å². The van der Waals surface area contributed by atoms with Crippen LogP contribution in [0.2, 0.25) is 0 Å². The number of carbonyl (C=O) groups is 1. The fraction of sp³-hybridized carbons (Fsp3) is 0.250. The third-order valence-corrected chi connectivity index (χ3v) is 2.35. The fourth-order valence-corrected chi connectivity index (χ4v) is 1.31. The molecule has 0 unspecified atom stereocenters. The first-order valence-electron chi connectivity index (χ1n) is 4.84. The maximum Gasteiger partial charge on any atom is 0.251 e. The molecule has 3 heteroatoms. The number of carbonyl (C=O) groups excluding carboxylic acids is 1. The second-order valence-electron chi connectivity index (χ2n) is 3.25. The highest BCUT2D eigenvalue weighted by Crippen LogP contribution is 2.05. The minimum absolute atomic E-state index is 0.0711. The zero-order chi connectivity index (χ0) is 11.3. The number of halogens is 1. The summed E-state index contributed by atoms with van der Waals surface area (Å²) in [4.78, 5) is 11.6. The zero-order valence-corrected chi connectivity index (χ0v) is 10.3. The minimum Gasteiger partial charge on any atom is -0.347 e. The predicted molar refractivity (Wildman–Crippen MR) is 66.2 cm³/mol. The number of aryl methyl sites for hydroxylation is 1. The Kier molecular flexibility index (Phi) is 4.56. The highest BCUT2D eigenvalue weighted by Gasteiger charge is 2.03. The summed E-state index contributed by atoms with van der Waals surface area (Å²) < 4.78 is 0.765. The van der Waals surface area contributed by atoms with Crippen molar-refractivity contribution in [2.75, 3.05) is 6.54 Å². The Morgan fingerprint density at radius 2 is 2.00 bits per heavy atom. The van der Waals surface area contributed by atoms with E-state index >= 15 is 0 Å². The van der Waals surface area contributed by atoms with Crippen LogP contribution < -0.4 is 5.32 Å². The molecular formula is C12H14BrNO. The molecule has 1 aromatic carbocycles. The Morgan fingerprint density at radius 3 is 2.47 bits per heavy atom. The van der Waals surface area contributed by atoms with E-state index < -0.39 is 0 Å². The van der Waals surface area contributed by atoms with Crippen molar-refractivity contribution in [3.8, 4) is 0 Å². The van der Waals surface area contributed by atoms with Crippen molar-refractivity contribution < 1.29 is 4.79 Å². The molecule has 0 atom stereocenters. The van der Waals surface area contributed by atoms with Gasteiger partial charge in [0.05, 0.1) is 0 Å². The summed E-state index contributed by atoms with van der Waals surface area (Å²) >= 11 is 3.19. The number of hydrogen-bond acceptors (Lipinski definition) is 1. The predicted octanol–water partition coefficient (Wildman–Crippen LogP) is 2.89. The maximum absolute atomic E-state index is 11.6. The average molecular weight is 268 g/mol. The molecule has 1 N–H and O–H groups in total. The topological polar surface area (TPSA) is 29.1 Å². The van der Waals surface area contributed by atoms with Crippen LogP contribution in [0.5, 0.6) is 0 Å². The molecule has 0 aliphatic carbocycles. The van der Waals surface area contributed by atoms with Crippen LogP contribution in [-0.4, -0.2) is 12.5 Å². The van der Waals surface area contributed by atoms with Gasteiger partial charge in [-0.1, -0.05) is 41.6 Å². The van der Waals surface area contributed by atoms with Crippen LogP contribution in [0.25, 0.3) is 0 Å². The Bertz CT molecular complexity index is 356. The Balaban J connectivity index is 2.62. The average Bonchev–Trinajstić information content (AvgIpc) is 2.26. The molecule has 1 amide bonds. The van der Waals surface area contributed by atoms with Gasteiger partial charge in [0.15, 0.2) is 0 Å². The van der Waals surface area contributed by atoms with Crippen molar-refractivity contribution in [1.82, 2.24) is 5.32 Å². The monoisotopic (exact) mass is 267 g/mol. The minimum atomic E-state index is -0.0711. The van der Waals surface area contributed by atoms with Gasteiger partial charge in [0.25, 0.3) is 5.91 Å². The van der Waals surface area contributed by atoms with Gasteiger partial charge >= 0.3 is 0 Å². The van der Waals surface area contributed by atoms with Crippen molar-refractivity contribution >= 4 is 21.8 Å². The molecule has 0 fully saturated rings. The largest absolute Gasteiger partial charge is 0.347 e. The van der Waals surface area contributed by atoms with E-state index in [1.807, 2.05) is 24.3 Å². The fourth-order valence-electron chi connectivity index (χ4n) is 1.17. The van der Waals surface area contributed by atoms with E-state index in [4.69, 9.17) is 0 Å². The molecule has 0 spiro atoms. The van der Waals surface area contributed by atoms with Crippen LogP contribution in [0.3, 0.4) is 0 Å². The molecule has 80 valence electrons. The Hall–Kier alpha value is -1.09. The van der Waals surface area contributed by atoms with E-state index in [9.17, 15) is 4.79 Å². The Labute approximate surface area is 98.5 Å². The van der Waals surface area contributed by atoms with Gasteiger partial charge in [0, 0.05) is 16.6 Å². The van der Waals surface area contributed by atoms with E-state index in [0.717, 1.165) is 10.9 Å². The molecule has 1 rings (SSSR count). The van der Waals surface area contributed by atoms with Gasteiger partial charge in [0.2, 0.25) is 0 Å². The normalized spacial score (nSPS) is 9.73. The number of amides is 1. The summed E-state index contributed by atoms with van der Waals surface area (Å²) in [6.45, 7) is 6.19. The van der Waals surface area contributed by atoms with Gasteiger partial charge < -0.3 is 5.32 Å². The maximum atomic E-state index is 11.6. The summed E-state index contributed by atoms with van der Waals surface area (Å²) in [7, 11) is 0.